The Morgan fingerprint density at radius 2 is 1.70 bits per heavy atom. The van der Waals surface area contributed by atoms with E-state index in [1.54, 1.807) is 26.0 Å². The summed E-state index contributed by atoms with van der Waals surface area (Å²) in [5.74, 6) is 2.72. The second kappa shape index (κ2) is 10.7. The van der Waals surface area contributed by atoms with E-state index >= 15 is 0 Å². The Labute approximate surface area is 199 Å². The molecule has 3 aromatic carbocycles. The van der Waals surface area contributed by atoms with Gasteiger partial charge in [0.2, 0.25) is 5.91 Å². The van der Waals surface area contributed by atoms with Gasteiger partial charge in [0.15, 0.2) is 11.5 Å². The summed E-state index contributed by atoms with van der Waals surface area (Å²) in [5.41, 5.74) is 3.36. The number of hydrogen-bond donors (Lipinski definition) is 0. The second-order valence-corrected chi connectivity index (χ2v) is 8.80. The Morgan fingerprint density at radius 3 is 2.36 bits per heavy atom. The van der Waals surface area contributed by atoms with Crippen LogP contribution in [0.4, 0.5) is 0 Å². The number of carbonyl (C=O) groups excluding carboxylic acids is 1. The summed E-state index contributed by atoms with van der Waals surface area (Å²) >= 11 is 1.55. The highest BCUT2D eigenvalue weighted by atomic mass is 32.2. The number of methoxy groups -OCH3 is 2. The Hall–Kier alpha value is -3.12. The highest BCUT2D eigenvalue weighted by Crippen LogP contribution is 2.41. The summed E-state index contributed by atoms with van der Waals surface area (Å²) in [6.45, 7) is 3.26. The standard InChI is InChI=1S/C27H29NO4S/c1-4-32-21-10-12-22(13-11-21)33-18-26(29)28-15-14-20-16-24(30-2)25(31-3)17-23(20)27(28)19-8-6-5-7-9-19/h5-13,16-17,27H,4,14-15,18H2,1-3H3. The zero-order valence-electron chi connectivity index (χ0n) is 19.2. The van der Waals surface area contributed by atoms with Crippen molar-refractivity contribution in [1.82, 2.24) is 4.90 Å². The van der Waals surface area contributed by atoms with Crippen molar-refractivity contribution in [3.8, 4) is 17.2 Å². The number of rotatable bonds is 8. The first-order valence-electron chi connectivity index (χ1n) is 11.1. The number of benzene rings is 3. The number of fused-ring (bicyclic) bond motifs is 1. The summed E-state index contributed by atoms with van der Waals surface area (Å²) in [6.07, 6.45) is 0.776. The van der Waals surface area contributed by atoms with E-state index in [2.05, 4.69) is 12.1 Å². The SMILES string of the molecule is CCOc1ccc(SCC(=O)N2CCc3cc(OC)c(OC)cc3C2c2ccccc2)cc1. The van der Waals surface area contributed by atoms with Gasteiger partial charge in [-0.1, -0.05) is 30.3 Å². The van der Waals surface area contributed by atoms with E-state index in [1.807, 2.05) is 66.4 Å². The van der Waals surface area contributed by atoms with Crippen LogP contribution in [-0.2, 0) is 11.2 Å². The average Bonchev–Trinajstić information content (AvgIpc) is 2.87. The molecule has 0 fully saturated rings. The maximum Gasteiger partial charge on any atom is 0.233 e. The van der Waals surface area contributed by atoms with Gasteiger partial charge in [-0.25, -0.2) is 0 Å². The molecule has 6 heteroatoms. The molecular weight excluding hydrogens is 434 g/mol. The van der Waals surface area contributed by atoms with Gasteiger partial charge in [-0.05, 0) is 66.4 Å². The van der Waals surface area contributed by atoms with Crippen molar-refractivity contribution in [2.45, 2.75) is 24.3 Å². The molecule has 3 aromatic rings. The van der Waals surface area contributed by atoms with Crippen LogP contribution in [0.5, 0.6) is 17.2 Å². The van der Waals surface area contributed by atoms with Crippen molar-refractivity contribution in [1.29, 1.82) is 0 Å². The van der Waals surface area contributed by atoms with Crippen LogP contribution in [0.2, 0.25) is 0 Å². The normalized spacial score (nSPS) is 15.0. The maximum absolute atomic E-state index is 13.4. The number of thioether (sulfide) groups is 1. The van der Waals surface area contributed by atoms with Crippen LogP contribution in [0.1, 0.15) is 29.7 Å². The predicted molar refractivity (Wildman–Crippen MR) is 132 cm³/mol. The number of amides is 1. The molecule has 0 saturated heterocycles. The van der Waals surface area contributed by atoms with Crippen LogP contribution in [0.3, 0.4) is 0 Å². The van der Waals surface area contributed by atoms with Gasteiger partial charge in [0.05, 0.1) is 32.6 Å². The van der Waals surface area contributed by atoms with Gasteiger partial charge in [0.1, 0.15) is 5.75 Å². The molecule has 0 N–H and O–H groups in total. The van der Waals surface area contributed by atoms with Crippen molar-refractivity contribution in [2.75, 3.05) is 33.1 Å². The molecule has 0 spiro atoms. The van der Waals surface area contributed by atoms with Gasteiger partial charge in [-0.15, -0.1) is 11.8 Å². The monoisotopic (exact) mass is 463 g/mol. The molecule has 1 amide bonds. The minimum atomic E-state index is -0.164. The molecule has 1 heterocycles. The van der Waals surface area contributed by atoms with Crippen LogP contribution < -0.4 is 14.2 Å². The van der Waals surface area contributed by atoms with Crippen molar-refractivity contribution < 1.29 is 19.0 Å². The van der Waals surface area contributed by atoms with Crippen LogP contribution in [0.25, 0.3) is 0 Å². The molecule has 1 atom stereocenters. The summed E-state index contributed by atoms with van der Waals surface area (Å²) in [7, 11) is 3.29. The van der Waals surface area contributed by atoms with Crippen molar-refractivity contribution in [3.63, 3.8) is 0 Å². The summed E-state index contributed by atoms with van der Waals surface area (Å²) in [5, 5.41) is 0. The summed E-state index contributed by atoms with van der Waals surface area (Å²) < 4.78 is 16.6. The fourth-order valence-electron chi connectivity index (χ4n) is 4.24. The lowest BCUT2D eigenvalue weighted by Gasteiger charge is -2.38. The zero-order chi connectivity index (χ0) is 23.2. The van der Waals surface area contributed by atoms with Crippen molar-refractivity contribution in [2.24, 2.45) is 0 Å². The number of nitrogens with zero attached hydrogens (tertiary/aromatic N) is 1. The Balaban J connectivity index is 1.60. The molecule has 0 aromatic heterocycles. The molecule has 1 aliphatic heterocycles. The molecule has 0 aliphatic carbocycles. The first-order valence-corrected chi connectivity index (χ1v) is 12.1. The number of carbonyl (C=O) groups is 1. The topological polar surface area (TPSA) is 48.0 Å². The minimum Gasteiger partial charge on any atom is -0.494 e. The summed E-state index contributed by atoms with van der Waals surface area (Å²) in [4.78, 5) is 16.5. The molecule has 0 bridgehead atoms. The van der Waals surface area contributed by atoms with E-state index in [0.717, 1.165) is 28.2 Å². The van der Waals surface area contributed by atoms with Gasteiger partial charge in [0, 0.05) is 11.4 Å². The quantitative estimate of drug-likeness (QED) is 0.421. The van der Waals surface area contributed by atoms with Crippen LogP contribution in [0, 0.1) is 0 Å². The maximum atomic E-state index is 13.4. The van der Waals surface area contributed by atoms with E-state index in [-0.39, 0.29) is 11.9 Å². The summed E-state index contributed by atoms with van der Waals surface area (Å²) in [6, 6.07) is 22.0. The zero-order valence-corrected chi connectivity index (χ0v) is 20.1. The lowest BCUT2D eigenvalue weighted by Crippen LogP contribution is -2.41. The average molecular weight is 464 g/mol. The van der Waals surface area contributed by atoms with Crippen molar-refractivity contribution >= 4 is 17.7 Å². The van der Waals surface area contributed by atoms with E-state index in [0.29, 0.717) is 30.4 Å². The van der Waals surface area contributed by atoms with Gasteiger partial charge in [0.25, 0.3) is 0 Å². The number of hydrogen-bond acceptors (Lipinski definition) is 5. The molecule has 33 heavy (non-hydrogen) atoms. The van der Waals surface area contributed by atoms with E-state index in [1.165, 1.54) is 5.56 Å². The Morgan fingerprint density at radius 1 is 1.00 bits per heavy atom. The van der Waals surface area contributed by atoms with E-state index in [4.69, 9.17) is 14.2 Å². The van der Waals surface area contributed by atoms with Gasteiger partial charge >= 0.3 is 0 Å². The van der Waals surface area contributed by atoms with Crippen LogP contribution in [-0.4, -0.2) is 43.9 Å². The third kappa shape index (κ3) is 5.11. The van der Waals surface area contributed by atoms with Crippen molar-refractivity contribution in [3.05, 3.63) is 83.4 Å². The smallest absolute Gasteiger partial charge is 0.233 e. The largest absolute Gasteiger partial charge is 0.494 e. The number of ether oxygens (including phenoxy) is 3. The molecule has 4 rings (SSSR count). The van der Waals surface area contributed by atoms with E-state index in [9.17, 15) is 4.79 Å². The lowest BCUT2D eigenvalue weighted by molar-refractivity contribution is -0.130. The molecule has 172 valence electrons. The molecule has 5 nitrogen and oxygen atoms in total. The van der Waals surface area contributed by atoms with E-state index < -0.39 is 0 Å². The van der Waals surface area contributed by atoms with Crippen LogP contribution in [0.15, 0.2) is 71.6 Å². The Kier molecular flexibility index (Phi) is 7.45. The minimum absolute atomic E-state index is 0.114. The van der Waals surface area contributed by atoms with Gasteiger partial charge < -0.3 is 19.1 Å². The highest BCUT2D eigenvalue weighted by molar-refractivity contribution is 8.00. The molecular formula is C27H29NO4S. The third-order valence-electron chi connectivity index (χ3n) is 5.81. The Bertz CT molecular complexity index is 1090. The predicted octanol–water partition coefficient (Wildman–Crippen LogP) is 5.37. The third-order valence-corrected chi connectivity index (χ3v) is 6.80. The molecule has 0 radical (unpaired) electrons. The first-order chi connectivity index (χ1) is 16.1. The molecule has 1 aliphatic rings. The highest BCUT2D eigenvalue weighted by Gasteiger charge is 2.33. The fourth-order valence-corrected chi connectivity index (χ4v) is 5.02. The van der Waals surface area contributed by atoms with Crippen LogP contribution >= 0.6 is 11.8 Å². The fraction of sp³-hybridized carbons (Fsp3) is 0.296. The van der Waals surface area contributed by atoms with Gasteiger partial charge in [-0.3, -0.25) is 4.79 Å². The first kappa shape index (κ1) is 23.1. The van der Waals surface area contributed by atoms with Gasteiger partial charge in [-0.2, -0.15) is 0 Å². The lowest BCUT2D eigenvalue weighted by atomic mass is 9.87. The molecule has 1 unspecified atom stereocenters. The molecule has 0 saturated carbocycles. The second-order valence-electron chi connectivity index (χ2n) is 7.75.